The second-order valence-corrected chi connectivity index (χ2v) is 5.06. The van der Waals surface area contributed by atoms with Gasteiger partial charge in [0, 0.05) is 25.8 Å². The van der Waals surface area contributed by atoms with Gasteiger partial charge < -0.3 is 15.4 Å². The van der Waals surface area contributed by atoms with Gasteiger partial charge in [0.05, 0.1) is 6.10 Å². The molecule has 1 aliphatic rings. The smallest absolute Gasteiger partial charge is 0.381 e. The van der Waals surface area contributed by atoms with Crippen molar-refractivity contribution in [3.05, 3.63) is 11.9 Å². The van der Waals surface area contributed by atoms with Crippen LogP contribution in [0.3, 0.4) is 0 Å². The van der Waals surface area contributed by atoms with Crippen molar-refractivity contribution in [2.75, 3.05) is 24.3 Å². The molecule has 1 heterocycles. The molecule has 8 heteroatoms. The van der Waals surface area contributed by atoms with Gasteiger partial charge in [-0.1, -0.05) is 6.92 Å². The Kier molecular flexibility index (Phi) is 4.87. The van der Waals surface area contributed by atoms with Crippen molar-refractivity contribution in [1.29, 1.82) is 0 Å². The van der Waals surface area contributed by atoms with Crippen LogP contribution in [0.1, 0.15) is 32.0 Å². The standard InChI is InChI=1S/C13H19F3N4O/c1-3-4-17-10-7-11(18-8-5-9(6-8)21-2)20-12(19-10)13(14,15)16/h7-9H,3-6H2,1-2H3,(H2,17,18,19,20). The Morgan fingerprint density at radius 1 is 1.29 bits per heavy atom. The summed E-state index contributed by atoms with van der Waals surface area (Å²) in [5, 5.41) is 5.86. The van der Waals surface area contributed by atoms with Gasteiger partial charge in [-0.3, -0.25) is 0 Å². The number of rotatable bonds is 6. The maximum atomic E-state index is 12.8. The molecule has 1 aromatic heterocycles. The van der Waals surface area contributed by atoms with E-state index in [0.29, 0.717) is 6.54 Å². The van der Waals surface area contributed by atoms with E-state index < -0.39 is 12.0 Å². The number of aromatic nitrogens is 2. The summed E-state index contributed by atoms with van der Waals surface area (Å²) in [6.45, 7) is 2.49. The molecule has 1 fully saturated rings. The van der Waals surface area contributed by atoms with Crippen LogP contribution in [0.4, 0.5) is 24.8 Å². The molecule has 118 valence electrons. The van der Waals surface area contributed by atoms with Crippen LogP contribution in [-0.2, 0) is 10.9 Å². The van der Waals surface area contributed by atoms with Crippen molar-refractivity contribution in [1.82, 2.24) is 9.97 Å². The first-order chi connectivity index (χ1) is 9.92. The minimum absolute atomic E-state index is 0.0879. The Bertz CT molecular complexity index is 475. The predicted molar refractivity (Wildman–Crippen MR) is 73.3 cm³/mol. The van der Waals surface area contributed by atoms with Gasteiger partial charge in [-0.15, -0.1) is 0 Å². The average Bonchev–Trinajstić information content (AvgIpc) is 2.39. The fraction of sp³-hybridized carbons (Fsp3) is 0.692. The fourth-order valence-electron chi connectivity index (χ4n) is 2.08. The van der Waals surface area contributed by atoms with E-state index in [1.807, 2.05) is 6.92 Å². The minimum Gasteiger partial charge on any atom is -0.381 e. The first kappa shape index (κ1) is 15.8. The highest BCUT2D eigenvalue weighted by molar-refractivity contribution is 5.48. The molecule has 0 spiro atoms. The van der Waals surface area contributed by atoms with Gasteiger partial charge >= 0.3 is 6.18 Å². The summed E-state index contributed by atoms with van der Waals surface area (Å²) in [6, 6.07) is 1.59. The molecule has 0 bridgehead atoms. The monoisotopic (exact) mass is 304 g/mol. The number of halogens is 3. The molecule has 1 aliphatic carbocycles. The largest absolute Gasteiger partial charge is 0.451 e. The van der Waals surface area contributed by atoms with E-state index in [2.05, 4.69) is 20.6 Å². The zero-order valence-corrected chi connectivity index (χ0v) is 12.0. The van der Waals surface area contributed by atoms with Gasteiger partial charge in [0.15, 0.2) is 0 Å². The maximum Gasteiger partial charge on any atom is 0.451 e. The summed E-state index contributed by atoms with van der Waals surface area (Å²) in [5.74, 6) is -0.756. The van der Waals surface area contributed by atoms with Gasteiger partial charge in [0.1, 0.15) is 11.6 Å². The summed E-state index contributed by atoms with van der Waals surface area (Å²) in [7, 11) is 1.63. The van der Waals surface area contributed by atoms with Crippen molar-refractivity contribution < 1.29 is 17.9 Å². The topological polar surface area (TPSA) is 59.1 Å². The van der Waals surface area contributed by atoms with Crippen molar-refractivity contribution in [2.24, 2.45) is 0 Å². The molecule has 1 saturated carbocycles. The molecule has 5 nitrogen and oxygen atoms in total. The van der Waals surface area contributed by atoms with Crippen molar-refractivity contribution in [2.45, 2.75) is 44.5 Å². The summed E-state index contributed by atoms with van der Waals surface area (Å²) >= 11 is 0. The number of methoxy groups -OCH3 is 1. The van der Waals surface area contributed by atoms with E-state index in [9.17, 15) is 13.2 Å². The third-order valence-electron chi connectivity index (χ3n) is 3.32. The first-order valence-electron chi connectivity index (χ1n) is 6.92. The SMILES string of the molecule is CCCNc1cc(NC2CC(OC)C2)nc(C(F)(F)F)n1. The lowest BCUT2D eigenvalue weighted by Gasteiger charge is -2.35. The second-order valence-electron chi connectivity index (χ2n) is 5.06. The quantitative estimate of drug-likeness (QED) is 0.846. The van der Waals surface area contributed by atoms with Gasteiger partial charge in [-0.25, -0.2) is 9.97 Å². The zero-order chi connectivity index (χ0) is 15.5. The number of ether oxygens (including phenoxy) is 1. The van der Waals surface area contributed by atoms with E-state index in [1.165, 1.54) is 6.07 Å². The first-order valence-corrected chi connectivity index (χ1v) is 6.92. The van der Waals surface area contributed by atoms with Gasteiger partial charge in [-0.2, -0.15) is 13.2 Å². The molecule has 0 atom stereocenters. The van der Waals surface area contributed by atoms with Crippen LogP contribution in [0.2, 0.25) is 0 Å². The van der Waals surface area contributed by atoms with E-state index in [1.54, 1.807) is 7.11 Å². The lowest BCUT2D eigenvalue weighted by atomic mass is 9.89. The highest BCUT2D eigenvalue weighted by atomic mass is 19.4. The molecule has 2 N–H and O–H groups in total. The highest BCUT2D eigenvalue weighted by Gasteiger charge is 2.36. The third kappa shape index (κ3) is 4.20. The fourth-order valence-corrected chi connectivity index (χ4v) is 2.08. The number of hydrogen-bond donors (Lipinski definition) is 2. The molecule has 2 rings (SSSR count). The van der Waals surface area contributed by atoms with Crippen LogP contribution < -0.4 is 10.6 Å². The zero-order valence-electron chi connectivity index (χ0n) is 12.0. The molecule has 1 aromatic rings. The molecule has 0 saturated heterocycles. The lowest BCUT2D eigenvalue weighted by molar-refractivity contribution is -0.144. The van der Waals surface area contributed by atoms with Crippen LogP contribution >= 0.6 is 0 Å². The number of nitrogens with one attached hydrogen (secondary N) is 2. The number of anilines is 2. The van der Waals surface area contributed by atoms with Crippen molar-refractivity contribution >= 4 is 11.6 Å². The summed E-state index contributed by atoms with van der Waals surface area (Å²) in [6.07, 6.45) is -2.07. The second kappa shape index (κ2) is 6.46. The summed E-state index contributed by atoms with van der Waals surface area (Å²) in [5.41, 5.74) is 0. The van der Waals surface area contributed by atoms with Crippen LogP contribution in [0.5, 0.6) is 0 Å². The normalized spacial score (nSPS) is 21.8. The molecule has 21 heavy (non-hydrogen) atoms. The number of hydrogen-bond acceptors (Lipinski definition) is 5. The summed E-state index contributed by atoms with van der Waals surface area (Å²) < 4.78 is 43.6. The van der Waals surface area contributed by atoms with E-state index in [4.69, 9.17) is 4.74 Å². The number of alkyl halides is 3. The van der Waals surface area contributed by atoms with Crippen LogP contribution in [0, 0.1) is 0 Å². The molecule has 0 aliphatic heterocycles. The minimum atomic E-state index is -4.56. The van der Waals surface area contributed by atoms with Crippen molar-refractivity contribution in [3.8, 4) is 0 Å². The Labute approximate surface area is 121 Å². The van der Waals surface area contributed by atoms with Crippen molar-refractivity contribution in [3.63, 3.8) is 0 Å². The molecular weight excluding hydrogens is 285 g/mol. The molecular formula is C13H19F3N4O. The Hall–Kier alpha value is -1.57. The maximum absolute atomic E-state index is 12.8. The predicted octanol–water partition coefficient (Wildman–Crippen LogP) is 2.91. The van der Waals surface area contributed by atoms with Gasteiger partial charge in [0.25, 0.3) is 0 Å². The molecule has 0 amide bonds. The highest BCUT2D eigenvalue weighted by Crippen LogP contribution is 2.30. The van der Waals surface area contributed by atoms with Crippen LogP contribution in [-0.4, -0.2) is 35.8 Å². The lowest BCUT2D eigenvalue weighted by Crippen LogP contribution is -2.40. The van der Waals surface area contributed by atoms with E-state index >= 15 is 0 Å². The molecule has 0 aromatic carbocycles. The number of nitrogens with zero attached hydrogens (tertiary/aromatic N) is 2. The van der Waals surface area contributed by atoms with Gasteiger partial charge in [0.2, 0.25) is 5.82 Å². The van der Waals surface area contributed by atoms with Crippen LogP contribution in [0.15, 0.2) is 6.07 Å². The van der Waals surface area contributed by atoms with E-state index in [0.717, 1.165) is 19.3 Å². The molecule has 0 radical (unpaired) electrons. The average molecular weight is 304 g/mol. The Morgan fingerprint density at radius 2 is 1.95 bits per heavy atom. The Balaban J connectivity index is 2.11. The molecule has 0 unspecified atom stereocenters. The third-order valence-corrected chi connectivity index (χ3v) is 3.32. The Morgan fingerprint density at radius 3 is 2.52 bits per heavy atom. The van der Waals surface area contributed by atoms with E-state index in [-0.39, 0.29) is 23.8 Å². The van der Waals surface area contributed by atoms with Gasteiger partial charge in [-0.05, 0) is 19.3 Å². The summed E-state index contributed by atoms with van der Waals surface area (Å²) in [4.78, 5) is 7.07. The van der Waals surface area contributed by atoms with Crippen LogP contribution in [0.25, 0.3) is 0 Å².